The highest BCUT2D eigenvalue weighted by atomic mass is 32.2. The highest BCUT2D eigenvalue weighted by Gasteiger charge is 2.30. The van der Waals surface area contributed by atoms with Crippen LogP contribution in [0.25, 0.3) is 0 Å². The molecule has 7 nitrogen and oxygen atoms in total. The molecule has 3 heterocycles. The van der Waals surface area contributed by atoms with E-state index in [2.05, 4.69) is 22.1 Å². The van der Waals surface area contributed by atoms with Crippen LogP contribution < -0.4 is 5.32 Å². The van der Waals surface area contributed by atoms with E-state index in [0.717, 1.165) is 74.6 Å². The average molecular weight is 426 g/mol. The monoisotopic (exact) mass is 425 g/mol. The summed E-state index contributed by atoms with van der Waals surface area (Å²) in [5.74, 6) is 2.47. The Kier molecular flexibility index (Phi) is 8.88. The minimum Gasteiger partial charge on any atom is -0.378 e. The van der Waals surface area contributed by atoms with Crippen LogP contribution >= 0.6 is 23.1 Å². The summed E-state index contributed by atoms with van der Waals surface area (Å²) < 4.78 is 6.49. The number of ether oxygens (including phenoxy) is 1. The van der Waals surface area contributed by atoms with Crippen LogP contribution in [-0.2, 0) is 9.53 Å². The lowest BCUT2D eigenvalue weighted by Crippen LogP contribution is -2.50. The predicted octanol–water partition coefficient (Wildman–Crippen LogP) is 2.16. The van der Waals surface area contributed by atoms with E-state index in [0.29, 0.717) is 19.1 Å². The van der Waals surface area contributed by atoms with E-state index >= 15 is 0 Å². The third-order valence-electron chi connectivity index (χ3n) is 5.00. The molecule has 0 saturated carbocycles. The molecule has 2 saturated heterocycles. The van der Waals surface area contributed by atoms with Gasteiger partial charge in [-0.15, -0.1) is 11.3 Å². The quantitative estimate of drug-likeness (QED) is 0.312. The van der Waals surface area contributed by atoms with Crippen LogP contribution in [0.1, 0.15) is 26.2 Å². The Bertz CT molecular complexity index is 612. The molecule has 1 aromatic rings. The fourth-order valence-corrected chi connectivity index (χ4v) is 5.13. The maximum Gasteiger partial charge on any atom is 0.225 e. The lowest BCUT2D eigenvalue weighted by atomic mass is 9.95. The van der Waals surface area contributed by atoms with Gasteiger partial charge in [0.1, 0.15) is 4.34 Å². The number of guanidine groups is 1. The number of carbonyl (C=O) groups excluding carboxylic acids is 1. The van der Waals surface area contributed by atoms with E-state index in [4.69, 9.17) is 9.73 Å². The minimum absolute atomic E-state index is 0.145. The Morgan fingerprint density at radius 3 is 2.79 bits per heavy atom. The van der Waals surface area contributed by atoms with Crippen LogP contribution in [0.5, 0.6) is 0 Å². The molecule has 0 radical (unpaired) electrons. The van der Waals surface area contributed by atoms with Gasteiger partial charge >= 0.3 is 0 Å². The fraction of sp³-hybridized carbons (Fsp3) is 0.737. The van der Waals surface area contributed by atoms with Gasteiger partial charge < -0.3 is 19.9 Å². The number of hydrogen-bond donors (Lipinski definition) is 1. The molecule has 9 heteroatoms. The van der Waals surface area contributed by atoms with Gasteiger partial charge in [0, 0.05) is 62.5 Å². The predicted molar refractivity (Wildman–Crippen MR) is 115 cm³/mol. The van der Waals surface area contributed by atoms with E-state index in [-0.39, 0.29) is 5.92 Å². The Morgan fingerprint density at radius 1 is 1.32 bits per heavy atom. The topological polar surface area (TPSA) is 70.1 Å². The second-order valence-electron chi connectivity index (χ2n) is 6.93. The second-order valence-corrected chi connectivity index (χ2v) is 9.17. The van der Waals surface area contributed by atoms with Crippen LogP contribution in [0, 0.1) is 5.92 Å². The number of aliphatic imine (C=N–C) groups is 1. The van der Waals surface area contributed by atoms with E-state index in [1.807, 2.05) is 16.5 Å². The first kappa shape index (κ1) is 21.4. The summed E-state index contributed by atoms with van der Waals surface area (Å²) in [5.41, 5.74) is 0. The fourth-order valence-electron chi connectivity index (χ4n) is 3.50. The molecule has 28 heavy (non-hydrogen) atoms. The summed E-state index contributed by atoms with van der Waals surface area (Å²) >= 11 is 3.49. The van der Waals surface area contributed by atoms with Crippen molar-refractivity contribution >= 4 is 35.0 Å². The van der Waals surface area contributed by atoms with Gasteiger partial charge in [0.15, 0.2) is 5.96 Å². The molecule has 0 spiro atoms. The molecule has 0 bridgehead atoms. The first-order chi connectivity index (χ1) is 13.8. The molecule has 1 N–H and O–H groups in total. The van der Waals surface area contributed by atoms with Gasteiger partial charge in [-0.2, -0.15) is 0 Å². The molecule has 2 aliphatic heterocycles. The molecule has 0 aromatic carbocycles. The number of aromatic nitrogens is 1. The number of amides is 1. The molecule has 1 aromatic heterocycles. The summed E-state index contributed by atoms with van der Waals surface area (Å²) in [6, 6.07) is 0. The maximum absolute atomic E-state index is 12.7. The van der Waals surface area contributed by atoms with Crippen LogP contribution in [-0.4, -0.2) is 84.9 Å². The van der Waals surface area contributed by atoms with Gasteiger partial charge in [0.05, 0.1) is 13.2 Å². The molecule has 3 rings (SSSR count). The second kappa shape index (κ2) is 11.6. The number of likely N-dealkylation sites (tertiary alicyclic amines) is 1. The highest BCUT2D eigenvalue weighted by molar-refractivity contribution is 8.00. The number of thiazole rings is 1. The normalized spacial score (nSPS) is 19.1. The van der Waals surface area contributed by atoms with Crippen molar-refractivity contribution in [3.05, 3.63) is 11.6 Å². The Labute approximate surface area is 175 Å². The lowest BCUT2D eigenvalue weighted by molar-refractivity contribution is -0.140. The summed E-state index contributed by atoms with van der Waals surface area (Å²) in [6.07, 6.45) is 4.69. The largest absolute Gasteiger partial charge is 0.378 e. The van der Waals surface area contributed by atoms with Crippen molar-refractivity contribution in [2.24, 2.45) is 10.9 Å². The van der Waals surface area contributed by atoms with Crippen molar-refractivity contribution in [1.82, 2.24) is 20.1 Å². The lowest BCUT2D eigenvalue weighted by Gasteiger charge is -2.36. The molecule has 0 atom stereocenters. The molecule has 0 aliphatic carbocycles. The highest BCUT2D eigenvalue weighted by Crippen LogP contribution is 2.22. The number of rotatable bonds is 7. The molecule has 2 fully saturated rings. The van der Waals surface area contributed by atoms with Gasteiger partial charge in [-0.05, 0) is 26.2 Å². The number of nitrogens with zero attached hydrogens (tertiary/aromatic N) is 4. The first-order valence-corrected chi connectivity index (χ1v) is 12.1. The first-order valence-electron chi connectivity index (χ1n) is 10.2. The number of thioether (sulfide) groups is 1. The van der Waals surface area contributed by atoms with Crippen LogP contribution in [0.4, 0.5) is 0 Å². The van der Waals surface area contributed by atoms with Gasteiger partial charge in [-0.25, -0.2) is 4.98 Å². The summed E-state index contributed by atoms with van der Waals surface area (Å²) in [4.78, 5) is 26.1. The Balaban J connectivity index is 1.42. The average Bonchev–Trinajstić information content (AvgIpc) is 3.26. The van der Waals surface area contributed by atoms with Gasteiger partial charge in [-0.1, -0.05) is 11.8 Å². The van der Waals surface area contributed by atoms with Crippen LogP contribution in [0.2, 0.25) is 0 Å². The van der Waals surface area contributed by atoms with Crippen molar-refractivity contribution in [1.29, 1.82) is 0 Å². The van der Waals surface area contributed by atoms with Crippen molar-refractivity contribution in [2.75, 3.05) is 58.2 Å². The van der Waals surface area contributed by atoms with Crippen LogP contribution in [0.15, 0.2) is 20.9 Å². The Hall–Kier alpha value is -1.32. The number of nitrogens with one attached hydrogen (secondary N) is 1. The van der Waals surface area contributed by atoms with Crippen molar-refractivity contribution in [3.8, 4) is 0 Å². The standard InChI is InChI=1S/C19H31N5O2S2/c1-2-20-18(21-6-3-14-27-19-22-7-15-28-19)24-8-4-16(5-9-24)17(25)23-10-12-26-13-11-23/h7,15-16H,2-6,8-14H2,1H3,(H,20,21). The molecular weight excluding hydrogens is 394 g/mol. The zero-order valence-corrected chi connectivity index (χ0v) is 18.3. The molecular formula is C19H31N5O2S2. The zero-order valence-electron chi connectivity index (χ0n) is 16.6. The number of hydrogen-bond acceptors (Lipinski definition) is 6. The molecule has 2 aliphatic rings. The summed E-state index contributed by atoms with van der Waals surface area (Å²) in [5, 5.41) is 5.42. The van der Waals surface area contributed by atoms with E-state index in [1.165, 1.54) is 0 Å². The number of morpholine rings is 1. The van der Waals surface area contributed by atoms with Gasteiger partial charge in [-0.3, -0.25) is 9.79 Å². The minimum atomic E-state index is 0.145. The van der Waals surface area contributed by atoms with Crippen molar-refractivity contribution in [2.45, 2.75) is 30.5 Å². The van der Waals surface area contributed by atoms with Crippen molar-refractivity contribution < 1.29 is 9.53 Å². The smallest absolute Gasteiger partial charge is 0.225 e. The molecule has 156 valence electrons. The van der Waals surface area contributed by atoms with Crippen molar-refractivity contribution in [3.63, 3.8) is 0 Å². The molecule has 1 amide bonds. The molecule has 0 unspecified atom stereocenters. The number of piperidine rings is 1. The van der Waals surface area contributed by atoms with Gasteiger partial charge in [0.25, 0.3) is 0 Å². The number of carbonyl (C=O) groups is 1. The third kappa shape index (κ3) is 6.35. The van der Waals surface area contributed by atoms with E-state index < -0.39 is 0 Å². The Morgan fingerprint density at radius 2 is 2.11 bits per heavy atom. The van der Waals surface area contributed by atoms with E-state index in [9.17, 15) is 4.79 Å². The summed E-state index contributed by atoms with van der Waals surface area (Å²) in [7, 11) is 0. The van der Waals surface area contributed by atoms with Crippen LogP contribution in [0.3, 0.4) is 0 Å². The SMILES string of the molecule is CCNC(=NCCCSc1nccs1)N1CCC(C(=O)N2CCOCC2)CC1. The third-order valence-corrected chi connectivity index (χ3v) is 7.05. The zero-order chi connectivity index (χ0) is 19.6. The van der Waals surface area contributed by atoms with Gasteiger partial charge in [0.2, 0.25) is 5.91 Å². The summed E-state index contributed by atoms with van der Waals surface area (Å²) in [6.45, 7) is 8.37. The van der Waals surface area contributed by atoms with E-state index in [1.54, 1.807) is 23.1 Å². The maximum atomic E-state index is 12.7.